The molecule has 3 aromatic carbocycles. The van der Waals surface area contributed by atoms with Crippen molar-refractivity contribution in [3.8, 4) is 5.75 Å². The molecule has 0 aliphatic carbocycles. The first kappa shape index (κ1) is 20.0. The van der Waals surface area contributed by atoms with Gasteiger partial charge in [-0.25, -0.2) is 0 Å². The number of benzene rings is 3. The molecule has 0 saturated carbocycles. The third-order valence-electron chi connectivity index (χ3n) is 6.15. The summed E-state index contributed by atoms with van der Waals surface area (Å²) in [6, 6.07) is 23.1. The molecule has 4 aromatic rings. The van der Waals surface area contributed by atoms with Crippen molar-refractivity contribution in [2.24, 2.45) is 0 Å². The van der Waals surface area contributed by atoms with Gasteiger partial charge in [0.2, 0.25) is 0 Å². The predicted octanol–water partition coefficient (Wildman–Crippen LogP) is 4.80. The Morgan fingerprint density at radius 2 is 1.58 bits per heavy atom. The molecule has 31 heavy (non-hydrogen) atoms. The van der Waals surface area contributed by atoms with Gasteiger partial charge < -0.3 is 19.1 Å². The molecule has 1 aliphatic heterocycles. The minimum absolute atomic E-state index is 0.605. The number of nitrogens with zero attached hydrogens (tertiary/aromatic N) is 3. The van der Waals surface area contributed by atoms with Crippen LogP contribution in [0.25, 0.3) is 21.7 Å². The van der Waals surface area contributed by atoms with Crippen molar-refractivity contribution in [1.29, 1.82) is 0 Å². The van der Waals surface area contributed by atoms with Gasteiger partial charge in [0.15, 0.2) is 0 Å². The number of hydrogen-bond donors (Lipinski definition) is 0. The Labute approximate surface area is 188 Å². The predicted molar refractivity (Wildman–Crippen MR) is 132 cm³/mol. The fourth-order valence-electron chi connectivity index (χ4n) is 4.36. The Balaban J connectivity index is 1.36. The van der Waals surface area contributed by atoms with Crippen molar-refractivity contribution in [2.75, 3.05) is 39.8 Å². The largest absolute Gasteiger partial charge is 0.491 e. The summed E-state index contributed by atoms with van der Waals surface area (Å²) in [5.41, 5.74) is 2.36. The van der Waals surface area contributed by atoms with Crippen LogP contribution in [0.3, 0.4) is 0 Å². The molecule has 0 unspecified atom stereocenters. The summed E-state index contributed by atoms with van der Waals surface area (Å²) < 4.78 is 8.48. The first-order chi connectivity index (χ1) is 15.2. The number of piperazine rings is 1. The summed E-state index contributed by atoms with van der Waals surface area (Å²) in [5.74, 6) is 0.933. The number of hydrogen-bond acceptors (Lipinski definition) is 3. The van der Waals surface area contributed by atoms with E-state index in [0.717, 1.165) is 54.4 Å². The molecule has 5 heteroatoms. The number of likely N-dealkylation sites (N-methyl/N-ethyl adjacent to an activating group) is 1. The van der Waals surface area contributed by atoms with E-state index in [0.29, 0.717) is 6.61 Å². The zero-order chi connectivity index (χ0) is 21.2. The zero-order valence-corrected chi connectivity index (χ0v) is 18.6. The van der Waals surface area contributed by atoms with Crippen LogP contribution < -0.4 is 4.74 Å². The summed E-state index contributed by atoms with van der Waals surface area (Å²) in [5, 5.41) is 3.57. The quantitative estimate of drug-likeness (QED) is 0.425. The summed E-state index contributed by atoms with van der Waals surface area (Å²) in [7, 11) is 2.17. The molecule has 0 bridgehead atoms. The summed E-state index contributed by atoms with van der Waals surface area (Å²) >= 11 is 5.92. The average Bonchev–Trinajstić information content (AvgIpc) is 3.18. The summed E-state index contributed by atoms with van der Waals surface area (Å²) in [4.78, 5) is 5.65. The molecule has 1 fully saturated rings. The van der Waals surface area contributed by atoms with E-state index in [4.69, 9.17) is 17.0 Å². The Morgan fingerprint density at radius 1 is 0.871 bits per heavy atom. The van der Waals surface area contributed by atoms with Crippen LogP contribution in [0, 0.1) is 0 Å². The standard InChI is InChI=1S/C26H27N3OS/c1-27-13-15-28(16-14-27)26(31)23-19-29(24-11-5-4-10-22(23)24)17-18-30-25-12-6-8-20-7-2-3-9-21(20)25/h2-12,19H,13-18H2,1H3. The Morgan fingerprint density at radius 3 is 2.42 bits per heavy atom. The fourth-order valence-corrected chi connectivity index (χ4v) is 4.70. The smallest absolute Gasteiger partial charge is 0.127 e. The fraction of sp³-hybridized carbons (Fsp3) is 0.269. The normalized spacial score (nSPS) is 14.9. The molecule has 0 radical (unpaired) electrons. The van der Waals surface area contributed by atoms with Crippen LogP contribution in [-0.2, 0) is 6.54 Å². The lowest BCUT2D eigenvalue weighted by atomic mass is 10.1. The van der Waals surface area contributed by atoms with E-state index in [-0.39, 0.29) is 0 Å². The molecule has 1 saturated heterocycles. The molecular formula is C26H27N3OS. The van der Waals surface area contributed by atoms with E-state index in [1.165, 1.54) is 16.3 Å². The Hall–Kier alpha value is -2.89. The van der Waals surface area contributed by atoms with Gasteiger partial charge in [0.1, 0.15) is 17.3 Å². The van der Waals surface area contributed by atoms with Crippen molar-refractivity contribution < 1.29 is 4.74 Å². The molecule has 0 N–H and O–H groups in total. The van der Waals surface area contributed by atoms with Crippen molar-refractivity contribution in [3.05, 3.63) is 78.5 Å². The number of aromatic nitrogens is 1. The lowest BCUT2D eigenvalue weighted by Gasteiger charge is -2.34. The lowest BCUT2D eigenvalue weighted by molar-refractivity contribution is 0.218. The van der Waals surface area contributed by atoms with Crippen LogP contribution in [0.2, 0.25) is 0 Å². The van der Waals surface area contributed by atoms with Gasteiger partial charge in [-0.15, -0.1) is 0 Å². The highest BCUT2D eigenvalue weighted by atomic mass is 32.1. The maximum absolute atomic E-state index is 6.20. The van der Waals surface area contributed by atoms with E-state index in [2.05, 4.69) is 88.3 Å². The maximum atomic E-state index is 6.20. The van der Waals surface area contributed by atoms with E-state index >= 15 is 0 Å². The summed E-state index contributed by atoms with van der Waals surface area (Å²) in [6.45, 7) is 5.45. The van der Waals surface area contributed by atoms with Crippen LogP contribution in [0.1, 0.15) is 5.56 Å². The van der Waals surface area contributed by atoms with Crippen LogP contribution in [0.15, 0.2) is 72.9 Å². The van der Waals surface area contributed by atoms with Gasteiger partial charge in [0, 0.05) is 54.2 Å². The van der Waals surface area contributed by atoms with E-state index in [9.17, 15) is 0 Å². The van der Waals surface area contributed by atoms with Gasteiger partial charge in [-0.1, -0.05) is 66.8 Å². The molecule has 0 atom stereocenters. The maximum Gasteiger partial charge on any atom is 0.127 e. The van der Waals surface area contributed by atoms with Gasteiger partial charge in [-0.05, 0) is 24.6 Å². The average molecular weight is 430 g/mol. The number of para-hydroxylation sites is 1. The first-order valence-electron chi connectivity index (χ1n) is 10.9. The molecule has 0 amide bonds. The number of ether oxygens (including phenoxy) is 1. The molecule has 5 rings (SSSR count). The second-order valence-electron chi connectivity index (χ2n) is 8.17. The molecule has 1 aliphatic rings. The highest BCUT2D eigenvalue weighted by Gasteiger charge is 2.20. The third kappa shape index (κ3) is 4.03. The Kier molecular flexibility index (Phi) is 5.62. The van der Waals surface area contributed by atoms with Gasteiger partial charge in [-0.2, -0.15) is 0 Å². The number of fused-ring (bicyclic) bond motifs is 2. The third-order valence-corrected chi connectivity index (χ3v) is 6.63. The number of rotatable bonds is 5. The monoisotopic (exact) mass is 429 g/mol. The second-order valence-corrected chi connectivity index (χ2v) is 8.56. The molecular weight excluding hydrogens is 402 g/mol. The second kappa shape index (κ2) is 8.69. The van der Waals surface area contributed by atoms with Gasteiger partial charge in [-0.3, -0.25) is 0 Å². The van der Waals surface area contributed by atoms with Gasteiger partial charge >= 0.3 is 0 Å². The highest BCUT2D eigenvalue weighted by Crippen LogP contribution is 2.26. The minimum atomic E-state index is 0.605. The lowest BCUT2D eigenvalue weighted by Crippen LogP contribution is -2.46. The van der Waals surface area contributed by atoms with Crippen molar-refractivity contribution in [2.45, 2.75) is 6.54 Å². The van der Waals surface area contributed by atoms with Crippen LogP contribution in [0.4, 0.5) is 0 Å². The topological polar surface area (TPSA) is 20.6 Å². The number of thiocarbonyl (C=S) groups is 1. The summed E-state index contributed by atoms with van der Waals surface area (Å²) in [6.07, 6.45) is 2.21. The Bertz CT molecular complexity index is 1220. The van der Waals surface area contributed by atoms with Gasteiger partial charge in [0.25, 0.3) is 0 Å². The molecule has 0 spiro atoms. The van der Waals surface area contributed by atoms with Crippen molar-refractivity contribution in [1.82, 2.24) is 14.4 Å². The molecule has 158 valence electrons. The van der Waals surface area contributed by atoms with E-state index in [1.807, 2.05) is 6.07 Å². The van der Waals surface area contributed by atoms with Crippen LogP contribution in [-0.4, -0.2) is 59.2 Å². The van der Waals surface area contributed by atoms with Crippen LogP contribution >= 0.6 is 12.2 Å². The zero-order valence-electron chi connectivity index (χ0n) is 17.8. The first-order valence-corrected chi connectivity index (χ1v) is 11.3. The molecule has 1 aromatic heterocycles. The van der Waals surface area contributed by atoms with E-state index < -0.39 is 0 Å². The van der Waals surface area contributed by atoms with Crippen molar-refractivity contribution in [3.63, 3.8) is 0 Å². The minimum Gasteiger partial charge on any atom is -0.491 e. The molecule has 2 heterocycles. The van der Waals surface area contributed by atoms with E-state index in [1.54, 1.807) is 0 Å². The highest BCUT2D eigenvalue weighted by molar-refractivity contribution is 7.80. The molecule has 4 nitrogen and oxygen atoms in total. The SMILES string of the molecule is CN1CCN(C(=S)c2cn(CCOc3cccc4ccccc34)c3ccccc23)CC1. The van der Waals surface area contributed by atoms with Gasteiger partial charge in [0.05, 0.1) is 6.54 Å². The van der Waals surface area contributed by atoms with Crippen molar-refractivity contribution >= 4 is 38.9 Å². The van der Waals surface area contributed by atoms with Crippen LogP contribution in [0.5, 0.6) is 5.75 Å².